The molecule has 0 saturated carbocycles. The van der Waals surface area contributed by atoms with Crippen LogP contribution in [0.1, 0.15) is 91.7 Å². The van der Waals surface area contributed by atoms with Crippen LogP contribution in [0.25, 0.3) is 11.3 Å². The molecule has 3 amide bonds. The monoisotopic (exact) mass is 743 g/mol. The number of nitrogens with zero attached hydrogens (tertiary/aromatic N) is 3. The first-order chi connectivity index (χ1) is 25.4. The minimum absolute atomic E-state index is 0.112. The van der Waals surface area contributed by atoms with Crippen molar-refractivity contribution >= 4 is 30.7 Å². The zero-order valence-electron chi connectivity index (χ0n) is 32.5. The Morgan fingerprint density at radius 1 is 1.00 bits per heavy atom. The number of aromatic amines is 1. The summed E-state index contributed by atoms with van der Waals surface area (Å²) in [5, 5.41) is 2.78. The predicted molar refractivity (Wildman–Crippen MR) is 199 cm³/mol. The second-order valence-corrected chi connectivity index (χ2v) is 16.8. The molecule has 0 bridgehead atoms. The average molecular weight is 744 g/mol. The first kappa shape index (κ1) is 37.6. The molecule has 54 heavy (non-hydrogen) atoms. The molecule has 3 aromatic rings. The average Bonchev–Trinajstić information content (AvgIpc) is 3.92. The van der Waals surface area contributed by atoms with Crippen molar-refractivity contribution in [3.8, 4) is 22.8 Å². The molecule has 288 valence electrons. The minimum atomic E-state index is -0.897. The summed E-state index contributed by atoms with van der Waals surface area (Å²) in [6.45, 7) is 18.0. The number of imidazole rings is 1. The molecule has 7 rings (SSSR count). The van der Waals surface area contributed by atoms with Gasteiger partial charge in [0.05, 0.1) is 42.2 Å². The third-order valence-corrected chi connectivity index (χ3v) is 10.8. The molecule has 4 aliphatic rings. The summed E-state index contributed by atoms with van der Waals surface area (Å²) in [5.41, 5.74) is 2.76. The van der Waals surface area contributed by atoms with Gasteiger partial charge >= 0.3 is 19.3 Å². The van der Waals surface area contributed by atoms with Crippen LogP contribution in [-0.2, 0) is 36.7 Å². The topological polar surface area (TPSA) is 154 Å². The molecular formula is C39H50BN5O9. The molecule has 15 heteroatoms. The molecule has 2 fully saturated rings. The van der Waals surface area contributed by atoms with Gasteiger partial charge < -0.3 is 43.5 Å². The van der Waals surface area contributed by atoms with Crippen molar-refractivity contribution in [3.63, 3.8) is 0 Å². The Balaban J connectivity index is 1.10. The minimum Gasteiger partial charge on any atom is -0.454 e. The van der Waals surface area contributed by atoms with Crippen LogP contribution in [0.2, 0.25) is 0 Å². The molecule has 1 unspecified atom stereocenters. The number of rotatable bonds is 7. The summed E-state index contributed by atoms with van der Waals surface area (Å²) in [6.07, 6.45) is 0.211. The lowest BCUT2D eigenvalue weighted by atomic mass is 9.79. The zero-order valence-corrected chi connectivity index (χ0v) is 32.5. The molecule has 0 aliphatic carbocycles. The molecule has 2 N–H and O–H groups in total. The number of hydrogen-bond acceptors (Lipinski definition) is 10. The van der Waals surface area contributed by atoms with Crippen LogP contribution in [0.4, 0.5) is 9.59 Å². The van der Waals surface area contributed by atoms with Gasteiger partial charge in [0.2, 0.25) is 12.7 Å². The van der Waals surface area contributed by atoms with E-state index in [9.17, 15) is 14.4 Å². The fourth-order valence-corrected chi connectivity index (χ4v) is 7.15. The Kier molecular flexibility index (Phi) is 9.62. The van der Waals surface area contributed by atoms with E-state index in [0.29, 0.717) is 36.8 Å². The fraction of sp³-hybridized carbons (Fsp3) is 0.538. The maximum Gasteiger partial charge on any atom is 0.494 e. The Morgan fingerprint density at radius 3 is 2.37 bits per heavy atom. The van der Waals surface area contributed by atoms with Crippen molar-refractivity contribution < 1.29 is 42.6 Å². The van der Waals surface area contributed by atoms with E-state index in [2.05, 4.69) is 10.3 Å². The number of fused-ring (bicyclic) bond motifs is 3. The Morgan fingerprint density at radius 2 is 1.70 bits per heavy atom. The lowest BCUT2D eigenvalue weighted by molar-refractivity contribution is -0.136. The van der Waals surface area contributed by atoms with Crippen LogP contribution in [0, 0.1) is 5.92 Å². The maximum atomic E-state index is 14.4. The Bertz CT molecular complexity index is 1910. The van der Waals surface area contributed by atoms with Crippen molar-refractivity contribution in [2.24, 2.45) is 5.92 Å². The van der Waals surface area contributed by atoms with Crippen LogP contribution < -0.4 is 20.3 Å². The number of amides is 3. The summed E-state index contributed by atoms with van der Waals surface area (Å²) in [6, 6.07) is 10.2. The Labute approximate surface area is 316 Å². The highest BCUT2D eigenvalue weighted by Crippen LogP contribution is 2.42. The van der Waals surface area contributed by atoms with Crippen molar-refractivity contribution in [1.29, 1.82) is 0 Å². The molecule has 2 saturated heterocycles. The predicted octanol–water partition coefficient (Wildman–Crippen LogP) is 5.45. The SMILES string of the molecule is CC(C)C(NC(=O)OC(C)(C)C)C(=O)N1C[C@H](OC(=O)N2Cc3ccc4c(c3C2)OCO4)C[C@H]1c1ncc(-c2ccc(B3OC(C)(C)C(C)(C)O3)cc2)[nH]1. The van der Waals surface area contributed by atoms with Crippen LogP contribution in [-0.4, -0.2) is 87.3 Å². The van der Waals surface area contributed by atoms with Crippen LogP contribution >= 0.6 is 0 Å². The number of likely N-dealkylation sites (tertiary alicyclic amines) is 1. The van der Waals surface area contributed by atoms with E-state index in [-0.39, 0.29) is 25.2 Å². The van der Waals surface area contributed by atoms with Gasteiger partial charge in [-0.3, -0.25) is 9.69 Å². The van der Waals surface area contributed by atoms with Crippen molar-refractivity contribution in [2.45, 2.75) is 117 Å². The van der Waals surface area contributed by atoms with Gasteiger partial charge in [-0.1, -0.05) is 44.2 Å². The fourth-order valence-electron chi connectivity index (χ4n) is 7.15. The van der Waals surface area contributed by atoms with Gasteiger partial charge in [-0.2, -0.15) is 0 Å². The van der Waals surface area contributed by atoms with Gasteiger partial charge in [0.1, 0.15) is 23.6 Å². The van der Waals surface area contributed by atoms with Gasteiger partial charge in [0.15, 0.2) is 11.5 Å². The second kappa shape index (κ2) is 13.8. The molecule has 1 aromatic heterocycles. The number of carbonyl (C=O) groups is 3. The molecule has 2 aromatic carbocycles. The molecule has 14 nitrogen and oxygen atoms in total. The van der Waals surface area contributed by atoms with Crippen molar-refractivity contribution in [2.75, 3.05) is 13.3 Å². The first-order valence-corrected chi connectivity index (χ1v) is 18.6. The molecule has 4 aliphatic heterocycles. The highest BCUT2D eigenvalue weighted by Gasteiger charge is 2.52. The highest BCUT2D eigenvalue weighted by molar-refractivity contribution is 6.62. The number of benzene rings is 2. The quantitative estimate of drug-likeness (QED) is 0.299. The molecular weight excluding hydrogens is 693 g/mol. The van der Waals surface area contributed by atoms with E-state index in [1.165, 1.54) is 0 Å². The van der Waals surface area contributed by atoms with Gasteiger partial charge in [-0.25, -0.2) is 14.6 Å². The number of H-pyrrole nitrogens is 1. The zero-order chi connectivity index (χ0) is 38.7. The standard InChI is InChI=1S/C39H50BN5O9/c1-22(2)31(43-35(47)52-37(3,4)5)34(46)45-19-26(51-36(48)44-18-24-12-15-30-32(27(24)20-44)50-21-49-30)16-29(45)33-41-17-28(42-33)23-10-13-25(14-11-23)40-53-38(6,7)39(8,9)54-40/h10-15,17,22,26,29,31H,16,18-21H2,1-9H3,(H,41,42)(H,43,47)/t26-,29+,31?/m1/s1. The van der Waals surface area contributed by atoms with Gasteiger partial charge in [-0.05, 0) is 77.0 Å². The van der Waals surface area contributed by atoms with Gasteiger partial charge in [0.25, 0.3) is 0 Å². The lowest BCUT2D eigenvalue weighted by Gasteiger charge is -2.32. The van der Waals surface area contributed by atoms with E-state index in [1.807, 2.05) is 77.9 Å². The first-order valence-electron chi connectivity index (χ1n) is 18.6. The Hall–Kier alpha value is -4.76. The molecule has 0 radical (unpaired) electrons. The second-order valence-electron chi connectivity index (χ2n) is 16.8. The van der Waals surface area contributed by atoms with Crippen LogP contribution in [0.3, 0.4) is 0 Å². The van der Waals surface area contributed by atoms with E-state index >= 15 is 0 Å². The van der Waals surface area contributed by atoms with Crippen molar-refractivity contribution in [1.82, 2.24) is 25.1 Å². The number of hydrogen-bond donors (Lipinski definition) is 2. The van der Waals surface area contributed by atoms with E-state index < -0.39 is 54.3 Å². The number of nitrogens with one attached hydrogen (secondary N) is 2. The van der Waals surface area contributed by atoms with E-state index in [1.54, 1.807) is 36.8 Å². The third-order valence-electron chi connectivity index (χ3n) is 10.8. The number of alkyl carbamates (subject to hydrolysis) is 1. The summed E-state index contributed by atoms with van der Waals surface area (Å²) < 4.78 is 35.2. The number of ether oxygens (including phenoxy) is 4. The number of carbonyl (C=O) groups excluding carboxylic acids is 3. The maximum absolute atomic E-state index is 14.4. The largest absolute Gasteiger partial charge is 0.494 e. The van der Waals surface area contributed by atoms with E-state index in [4.69, 9.17) is 33.2 Å². The van der Waals surface area contributed by atoms with E-state index in [0.717, 1.165) is 27.8 Å². The molecule has 3 atom stereocenters. The summed E-state index contributed by atoms with van der Waals surface area (Å²) in [4.78, 5) is 52.2. The lowest BCUT2D eigenvalue weighted by Crippen LogP contribution is -2.52. The third kappa shape index (κ3) is 7.35. The summed E-state index contributed by atoms with van der Waals surface area (Å²) >= 11 is 0. The smallest absolute Gasteiger partial charge is 0.454 e. The summed E-state index contributed by atoms with van der Waals surface area (Å²) in [5.74, 6) is 1.26. The highest BCUT2D eigenvalue weighted by atomic mass is 16.7. The number of aromatic nitrogens is 2. The normalized spacial score (nSPS) is 21.7. The van der Waals surface area contributed by atoms with Gasteiger partial charge in [-0.15, -0.1) is 0 Å². The van der Waals surface area contributed by atoms with Crippen LogP contribution in [0.15, 0.2) is 42.6 Å². The molecule has 0 spiro atoms. The molecule has 5 heterocycles. The van der Waals surface area contributed by atoms with Crippen molar-refractivity contribution in [3.05, 3.63) is 59.5 Å². The van der Waals surface area contributed by atoms with Crippen LogP contribution in [0.5, 0.6) is 11.5 Å². The summed E-state index contributed by atoms with van der Waals surface area (Å²) in [7, 11) is -0.486. The van der Waals surface area contributed by atoms with Gasteiger partial charge in [0, 0.05) is 18.5 Å².